The van der Waals surface area contributed by atoms with Crippen LogP contribution in [0.15, 0.2) is 36.5 Å². The second-order valence-electron chi connectivity index (χ2n) is 6.71. The summed E-state index contributed by atoms with van der Waals surface area (Å²) < 4.78 is 0. The molecule has 1 saturated heterocycles. The third kappa shape index (κ3) is 4.40. The molecule has 1 N–H and O–H groups in total. The molecule has 5 nitrogen and oxygen atoms in total. The van der Waals surface area contributed by atoms with Crippen LogP contribution in [0, 0.1) is 11.3 Å². The first-order valence-corrected chi connectivity index (χ1v) is 9.16. The highest BCUT2D eigenvalue weighted by molar-refractivity contribution is 5.99. The number of nitriles is 1. The minimum atomic E-state index is -0.0216. The lowest BCUT2D eigenvalue weighted by molar-refractivity contribution is 0.101. The first kappa shape index (κ1) is 17.9. The van der Waals surface area contributed by atoms with Crippen molar-refractivity contribution in [1.29, 1.82) is 5.26 Å². The zero-order chi connectivity index (χ0) is 18.4. The molecule has 1 fully saturated rings. The Morgan fingerprint density at radius 1 is 1.19 bits per heavy atom. The summed E-state index contributed by atoms with van der Waals surface area (Å²) in [6, 6.07) is 11.3. The molecule has 134 valence electrons. The zero-order valence-corrected chi connectivity index (χ0v) is 15.2. The molecule has 0 radical (unpaired) electrons. The summed E-state index contributed by atoms with van der Waals surface area (Å²) >= 11 is 0. The van der Waals surface area contributed by atoms with Crippen LogP contribution in [0.4, 0.5) is 11.5 Å². The number of hydrogen-bond donors (Lipinski definition) is 1. The molecule has 0 spiro atoms. The number of nitrogens with zero attached hydrogens (tertiary/aromatic N) is 3. The highest BCUT2D eigenvalue weighted by Gasteiger charge is 2.11. The van der Waals surface area contributed by atoms with Crippen LogP contribution in [-0.4, -0.2) is 23.9 Å². The number of carbonyl (C=O) groups is 1. The number of hydrogen-bond acceptors (Lipinski definition) is 5. The van der Waals surface area contributed by atoms with E-state index in [-0.39, 0.29) is 5.78 Å². The predicted molar refractivity (Wildman–Crippen MR) is 103 cm³/mol. The Hall–Kier alpha value is -2.87. The van der Waals surface area contributed by atoms with Gasteiger partial charge in [-0.25, -0.2) is 4.98 Å². The van der Waals surface area contributed by atoms with Crippen molar-refractivity contribution < 1.29 is 4.79 Å². The topological polar surface area (TPSA) is 69.0 Å². The summed E-state index contributed by atoms with van der Waals surface area (Å²) in [5.41, 5.74) is 2.86. The summed E-state index contributed by atoms with van der Waals surface area (Å²) in [5, 5.41) is 12.3. The van der Waals surface area contributed by atoms with Gasteiger partial charge in [-0.15, -0.1) is 0 Å². The van der Waals surface area contributed by atoms with Gasteiger partial charge in [0.1, 0.15) is 5.82 Å². The van der Waals surface area contributed by atoms with Crippen LogP contribution in [0.1, 0.15) is 54.1 Å². The molecule has 1 aromatic heterocycles. The van der Waals surface area contributed by atoms with Gasteiger partial charge in [0.25, 0.3) is 0 Å². The van der Waals surface area contributed by atoms with Gasteiger partial charge >= 0.3 is 0 Å². The van der Waals surface area contributed by atoms with Crippen LogP contribution < -0.4 is 10.2 Å². The van der Waals surface area contributed by atoms with Gasteiger partial charge in [0.05, 0.1) is 11.6 Å². The number of rotatable bonds is 5. The van der Waals surface area contributed by atoms with Crippen molar-refractivity contribution in [1.82, 2.24) is 4.98 Å². The summed E-state index contributed by atoms with van der Waals surface area (Å²) in [6.45, 7) is 4.24. The highest BCUT2D eigenvalue weighted by Crippen LogP contribution is 2.21. The predicted octanol–water partition coefficient (Wildman–Crippen LogP) is 4.15. The molecule has 2 heterocycles. The fourth-order valence-corrected chi connectivity index (χ4v) is 3.27. The molecule has 0 atom stereocenters. The molecule has 0 aliphatic carbocycles. The van der Waals surface area contributed by atoms with Gasteiger partial charge in [0.2, 0.25) is 0 Å². The first-order chi connectivity index (χ1) is 12.7. The second-order valence-corrected chi connectivity index (χ2v) is 6.71. The summed E-state index contributed by atoms with van der Waals surface area (Å²) in [4.78, 5) is 18.8. The minimum Gasteiger partial charge on any atom is -0.380 e. The van der Waals surface area contributed by atoms with Crippen molar-refractivity contribution in [3.63, 3.8) is 0 Å². The van der Waals surface area contributed by atoms with Gasteiger partial charge in [-0.2, -0.15) is 5.26 Å². The van der Waals surface area contributed by atoms with Crippen LogP contribution in [-0.2, 0) is 6.54 Å². The van der Waals surface area contributed by atoms with Crippen LogP contribution in [0.25, 0.3) is 0 Å². The van der Waals surface area contributed by atoms with E-state index in [0.29, 0.717) is 23.4 Å². The number of Topliss-reactive ketones (excluding diaryl/α,β-unsaturated/α-hetero) is 1. The molecular weight excluding hydrogens is 324 g/mol. The molecule has 0 saturated carbocycles. The van der Waals surface area contributed by atoms with Crippen molar-refractivity contribution >= 4 is 17.3 Å². The summed E-state index contributed by atoms with van der Waals surface area (Å²) in [7, 11) is 0. The van der Waals surface area contributed by atoms with E-state index in [9.17, 15) is 4.79 Å². The number of benzene rings is 1. The number of aromatic nitrogens is 1. The smallest absolute Gasteiger partial charge is 0.161 e. The standard InChI is InChI=1S/C21H24N4O/c1-16(26)19-8-6-17(13-22)12-20(19)23-14-18-7-9-21(24-15-18)25-10-4-2-3-5-11-25/h6-9,12,15,23H,2-5,10-11,14H2,1H3. The quantitative estimate of drug-likeness (QED) is 0.822. The van der Waals surface area contributed by atoms with Crippen molar-refractivity contribution in [3.8, 4) is 6.07 Å². The number of carbonyl (C=O) groups excluding carboxylic acids is 1. The van der Waals surface area contributed by atoms with Crippen molar-refractivity contribution in [3.05, 3.63) is 53.2 Å². The van der Waals surface area contributed by atoms with Crippen LogP contribution in [0.2, 0.25) is 0 Å². The number of ketones is 1. The third-order valence-electron chi connectivity index (χ3n) is 4.75. The monoisotopic (exact) mass is 348 g/mol. The second kappa shape index (κ2) is 8.48. The highest BCUT2D eigenvalue weighted by atomic mass is 16.1. The average Bonchev–Trinajstić information content (AvgIpc) is 2.96. The molecule has 1 aliphatic rings. The van der Waals surface area contributed by atoms with E-state index < -0.39 is 0 Å². The maximum atomic E-state index is 11.8. The van der Waals surface area contributed by atoms with E-state index in [1.807, 2.05) is 6.20 Å². The molecule has 0 amide bonds. The lowest BCUT2D eigenvalue weighted by atomic mass is 10.1. The normalized spacial score (nSPS) is 14.4. The molecule has 1 aliphatic heterocycles. The van der Waals surface area contributed by atoms with E-state index >= 15 is 0 Å². The van der Waals surface area contributed by atoms with Crippen molar-refractivity contribution in [2.45, 2.75) is 39.2 Å². The molecule has 5 heteroatoms. The molecular formula is C21H24N4O. The molecule has 26 heavy (non-hydrogen) atoms. The minimum absolute atomic E-state index is 0.0216. The summed E-state index contributed by atoms with van der Waals surface area (Å²) in [6.07, 6.45) is 6.95. The Kier molecular flexibility index (Phi) is 5.85. The van der Waals surface area contributed by atoms with Crippen LogP contribution in [0.5, 0.6) is 0 Å². The molecule has 0 bridgehead atoms. The molecule has 0 unspecified atom stereocenters. The lowest BCUT2D eigenvalue weighted by Crippen LogP contribution is -2.24. The van der Waals surface area contributed by atoms with E-state index in [0.717, 1.165) is 24.5 Å². The van der Waals surface area contributed by atoms with E-state index in [2.05, 4.69) is 33.4 Å². The lowest BCUT2D eigenvalue weighted by Gasteiger charge is -2.21. The number of pyridine rings is 1. The fourth-order valence-electron chi connectivity index (χ4n) is 3.27. The third-order valence-corrected chi connectivity index (χ3v) is 4.75. The van der Waals surface area contributed by atoms with E-state index in [1.54, 1.807) is 18.2 Å². The van der Waals surface area contributed by atoms with Crippen LogP contribution in [0.3, 0.4) is 0 Å². The molecule has 3 rings (SSSR count). The average molecular weight is 348 g/mol. The van der Waals surface area contributed by atoms with Gasteiger partial charge in [-0.3, -0.25) is 4.79 Å². The van der Waals surface area contributed by atoms with Gasteiger partial charge in [0.15, 0.2) is 5.78 Å². The number of anilines is 2. The first-order valence-electron chi connectivity index (χ1n) is 9.16. The Bertz CT molecular complexity index is 800. The molecule has 1 aromatic carbocycles. The van der Waals surface area contributed by atoms with Gasteiger partial charge in [-0.1, -0.05) is 18.9 Å². The van der Waals surface area contributed by atoms with Gasteiger partial charge < -0.3 is 10.2 Å². The van der Waals surface area contributed by atoms with Crippen molar-refractivity contribution in [2.24, 2.45) is 0 Å². The number of nitrogens with one attached hydrogen (secondary N) is 1. The van der Waals surface area contributed by atoms with E-state index in [4.69, 9.17) is 5.26 Å². The fraction of sp³-hybridized carbons (Fsp3) is 0.381. The Balaban J connectivity index is 1.68. The Labute approximate surface area is 154 Å². The SMILES string of the molecule is CC(=O)c1ccc(C#N)cc1NCc1ccc(N2CCCCCC2)nc1. The Morgan fingerprint density at radius 3 is 2.58 bits per heavy atom. The van der Waals surface area contributed by atoms with Gasteiger partial charge in [-0.05, 0) is 49.6 Å². The van der Waals surface area contributed by atoms with Crippen LogP contribution >= 0.6 is 0 Å². The maximum absolute atomic E-state index is 11.8. The summed E-state index contributed by atoms with van der Waals surface area (Å²) in [5.74, 6) is 1.01. The van der Waals surface area contributed by atoms with E-state index in [1.165, 1.54) is 32.6 Å². The largest absolute Gasteiger partial charge is 0.380 e. The zero-order valence-electron chi connectivity index (χ0n) is 15.2. The molecule has 2 aromatic rings. The maximum Gasteiger partial charge on any atom is 0.161 e. The Morgan fingerprint density at radius 2 is 1.96 bits per heavy atom. The van der Waals surface area contributed by atoms with Gasteiger partial charge in [0, 0.05) is 37.1 Å². The van der Waals surface area contributed by atoms with Crippen molar-refractivity contribution in [2.75, 3.05) is 23.3 Å².